The Morgan fingerprint density at radius 1 is 1.12 bits per heavy atom. The number of nitrogens with one attached hydrogen (secondary N) is 1. The van der Waals surface area contributed by atoms with E-state index in [1.54, 1.807) is 0 Å². The summed E-state index contributed by atoms with van der Waals surface area (Å²) in [5, 5.41) is 5.37. The van der Waals surface area contributed by atoms with Gasteiger partial charge in [0.05, 0.1) is 0 Å². The Morgan fingerprint density at radius 3 is 1.50 bits per heavy atom. The lowest BCUT2D eigenvalue weighted by Gasteiger charge is -2.23. The summed E-state index contributed by atoms with van der Waals surface area (Å²) >= 11 is 0. The van der Waals surface area contributed by atoms with Gasteiger partial charge in [0.1, 0.15) is 8.24 Å². The topological polar surface area (TPSA) is 15.3 Å². The molecular weight excluding hydrogens is 116 g/mol. The van der Waals surface area contributed by atoms with Gasteiger partial charge in [-0.3, -0.25) is 10.1 Å². The molecule has 0 bridgehead atoms. The number of hydrazine groups is 1. The summed E-state index contributed by atoms with van der Waals surface area (Å²) in [5.74, 6) is 0. The molecule has 0 rings (SSSR count). The predicted octanol–water partition coefficient (Wildman–Crippen LogP) is 0.887. The third-order valence-electron chi connectivity index (χ3n) is 0.559. The number of nitrogens with zero attached hydrogens (tertiary/aromatic N) is 1. The van der Waals surface area contributed by atoms with Gasteiger partial charge in [0.2, 0.25) is 0 Å². The molecule has 1 N–H and O–H groups in total. The van der Waals surface area contributed by atoms with Gasteiger partial charge in [0, 0.05) is 14.1 Å². The van der Waals surface area contributed by atoms with Gasteiger partial charge < -0.3 is 0 Å². The first kappa shape index (κ1) is 8.14. The van der Waals surface area contributed by atoms with Crippen molar-refractivity contribution in [2.75, 3.05) is 14.1 Å². The molecule has 0 spiro atoms. The molecular formula is C5H16N2Si. The predicted molar refractivity (Wildman–Crippen MR) is 40.2 cm³/mol. The van der Waals surface area contributed by atoms with E-state index in [0.29, 0.717) is 0 Å². The zero-order valence-corrected chi connectivity index (χ0v) is 7.45. The van der Waals surface area contributed by atoms with E-state index in [1.165, 1.54) is 0 Å². The summed E-state index contributed by atoms with van der Waals surface area (Å²) in [7, 11) is 3.01. The molecule has 0 fully saturated rings. The molecule has 0 aliphatic rings. The third-order valence-corrected chi connectivity index (χ3v) is 1.68. The lowest BCUT2D eigenvalue weighted by Crippen LogP contribution is -2.49. The van der Waals surface area contributed by atoms with Crippen LogP contribution in [0.1, 0.15) is 0 Å². The van der Waals surface area contributed by atoms with Crippen LogP contribution in [0.2, 0.25) is 19.6 Å². The van der Waals surface area contributed by atoms with Crippen LogP contribution in [0.15, 0.2) is 0 Å². The van der Waals surface area contributed by atoms with Crippen LogP contribution in [-0.4, -0.2) is 27.3 Å². The maximum atomic E-state index is 3.35. The van der Waals surface area contributed by atoms with E-state index in [1.807, 2.05) is 19.1 Å². The van der Waals surface area contributed by atoms with Gasteiger partial charge >= 0.3 is 0 Å². The first-order valence-corrected chi connectivity index (χ1v) is 6.37. The molecule has 0 unspecified atom stereocenters. The first-order valence-electron chi connectivity index (χ1n) is 2.87. The van der Waals surface area contributed by atoms with Crippen LogP contribution >= 0.6 is 0 Å². The highest BCUT2D eigenvalue weighted by atomic mass is 28.3. The lowest BCUT2D eigenvalue weighted by molar-refractivity contribution is 0.364. The summed E-state index contributed by atoms with van der Waals surface area (Å²) < 4.78 is 0. The highest BCUT2D eigenvalue weighted by molar-refractivity contribution is 6.73. The second-order valence-corrected chi connectivity index (χ2v) is 7.98. The van der Waals surface area contributed by atoms with Gasteiger partial charge in [0.25, 0.3) is 0 Å². The summed E-state index contributed by atoms with van der Waals surface area (Å²) in [4.78, 5) is 0. The second kappa shape index (κ2) is 2.62. The molecule has 0 aromatic carbocycles. The number of rotatable bonds is 2. The van der Waals surface area contributed by atoms with Crippen LogP contribution in [0.5, 0.6) is 0 Å². The van der Waals surface area contributed by atoms with E-state index in [-0.39, 0.29) is 0 Å². The first-order chi connectivity index (χ1) is 3.42. The Labute approximate surface area is 52.9 Å². The SMILES string of the molecule is CN(C)N[Si](C)(C)C. The van der Waals surface area contributed by atoms with Gasteiger partial charge in [-0.05, 0) is 0 Å². The largest absolute Gasteiger partial charge is 0.277 e. The molecule has 0 aliphatic heterocycles. The van der Waals surface area contributed by atoms with Crippen molar-refractivity contribution in [3.8, 4) is 0 Å². The zero-order valence-electron chi connectivity index (χ0n) is 6.45. The van der Waals surface area contributed by atoms with Gasteiger partial charge in [0.15, 0.2) is 0 Å². The van der Waals surface area contributed by atoms with Crippen LogP contribution in [0.3, 0.4) is 0 Å². The van der Waals surface area contributed by atoms with Gasteiger partial charge in [-0.1, -0.05) is 19.6 Å². The maximum absolute atomic E-state index is 3.35. The fourth-order valence-corrected chi connectivity index (χ4v) is 2.01. The van der Waals surface area contributed by atoms with Gasteiger partial charge in [-0.15, -0.1) is 0 Å². The Kier molecular flexibility index (Phi) is 2.66. The van der Waals surface area contributed by atoms with Crippen molar-refractivity contribution < 1.29 is 0 Å². The molecule has 0 aromatic heterocycles. The van der Waals surface area contributed by atoms with E-state index in [9.17, 15) is 0 Å². The minimum absolute atomic E-state index is 1.04. The lowest BCUT2D eigenvalue weighted by atomic mass is 11.2. The molecule has 0 amide bonds. The Hall–Kier alpha value is 0.137. The molecule has 0 radical (unpaired) electrons. The standard InChI is InChI=1S/C5H16N2Si/c1-7(2)6-8(3,4)5/h6H,1-5H3. The monoisotopic (exact) mass is 132 g/mol. The minimum atomic E-state index is -1.04. The van der Waals surface area contributed by atoms with Gasteiger partial charge in [-0.25, -0.2) is 0 Å². The second-order valence-electron chi connectivity index (χ2n) is 3.26. The molecule has 0 heterocycles. The number of hydrogen-bond acceptors (Lipinski definition) is 2. The van der Waals surface area contributed by atoms with Crippen molar-refractivity contribution in [1.82, 2.24) is 10.1 Å². The van der Waals surface area contributed by atoms with Crippen molar-refractivity contribution in [2.24, 2.45) is 0 Å². The van der Waals surface area contributed by atoms with E-state index in [2.05, 4.69) is 24.7 Å². The van der Waals surface area contributed by atoms with Crippen molar-refractivity contribution in [3.63, 3.8) is 0 Å². The van der Waals surface area contributed by atoms with E-state index in [0.717, 1.165) is 0 Å². The minimum Gasteiger partial charge on any atom is -0.277 e. The smallest absolute Gasteiger partial charge is 0.132 e. The summed E-state index contributed by atoms with van der Waals surface area (Å²) in [6.45, 7) is 6.81. The summed E-state index contributed by atoms with van der Waals surface area (Å²) in [6.07, 6.45) is 0. The van der Waals surface area contributed by atoms with Crippen molar-refractivity contribution >= 4 is 8.24 Å². The van der Waals surface area contributed by atoms with E-state index >= 15 is 0 Å². The average molecular weight is 132 g/mol. The summed E-state index contributed by atoms with van der Waals surface area (Å²) in [6, 6.07) is 0. The highest BCUT2D eigenvalue weighted by Gasteiger charge is 2.11. The quantitative estimate of drug-likeness (QED) is 0.443. The van der Waals surface area contributed by atoms with E-state index < -0.39 is 8.24 Å². The maximum Gasteiger partial charge on any atom is 0.132 e. The van der Waals surface area contributed by atoms with Crippen molar-refractivity contribution in [2.45, 2.75) is 19.6 Å². The highest BCUT2D eigenvalue weighted by Crippen LogP contribution is 1.92. The van der Waals surface area contributed by atoms with Crippen LogP contribution in [0.4, 0.5) is 0 Å². The molecule has 0 aliphatic carbocycles. The van der Waals surface area contributed by atoms with Crippen molar-refractivity contribution in [3.05, 3.63) is 0 Å². The average Bonchev–Trinajstić information content (AvgIpc) is 1.21. The fourth-order valence-electron chi connectivity index (χ4n) is 0.671. The molecule has 0 aromatic rings. The molecule has 50 valence electrons. The fraction of sp³-hybridized carbons (Fsp3) is 1.00. The summed E-state index contributed by atoms with van der Waals surface area (Å²) in [5.41, 5.74) is 0. The Bertz CT molecular complexity index is 65.3. The zero-order chi connectivity index (χ0) is 6.78. The van der Waals surface area contributed by atoms with Crippen molar-refractivity contribution in [1.29, 1.82) is 0 Å². The van der Waals surface area contributed by atoms with Crippen LogP contribution in [-0.2, 0) is 0 Å². The van der Waals surface area contributed by atoms with Crippen LogP contribution in [0, 0.1) is 0 Å². The molecule has 8 heavy (non-hydrogen) atoms. The normalized spacial score (nSPS) is 12.8. The Balaban J connectivity index is 3.39. The number of hydrogen-bond donors (Lipinski definition) is 1. The van der Waals surface area contributed by atoms with Crippen LogP contribution < -0.4 is 5.09 Å². The molecule has 0 saturated heterocycles. The molecule has 0 atom stereocenters. The Morgan fingerprint density at radius 2 is 1.50 bits per heavy atom. The van der Waals surface area contributed by atoms with Gasteiger partial charge in [-0.2, -0.15) is 0 Å². The molecule has 2 nitrogen and oxygen atoms in total. The molecule has 3 heteroatoms. The van der Waals surface area contributed by atoms with E-state index in [4.69, 9.17) is 0 Å². The molecule has 0 saturated carbocycles. The van der Waals surface area contributed by atoms with Crippen LogP contribution in [0.25, 0.3) is 0 Å². The third kappa shape index (κ3) is 6.14.